The van der Waals surface area contributed by atoms with Crippen molar-refractivity contribution >= 4 is 39.9 Å². The van der Waals surface area contributed by atoms with Crippen LogP contribution in [-0.2, 0) is 0 Å². The van der Waals surface area contributed by atoms with Gasteiger partial charge >= 0.3 is 5.69 Å². The lowest BCUT2D eigenvalue weighted by molar-refractivity contribution is -0.386. The number of hydrogen-bond donors (Lipinski definition) is 1. The number of nitro benzene ring substituents is 2. The van der Waals surface area contributed by atoms with Crippen molar-refractivity contribution < 1.29 is 19.4 Å². The minimum Gasteiger partial charge on any atom is -0.449 e. The van der Waals surface area contributed by atoms with Gasteiger partial charge in [-0.2, -0.15) is 0 Å². The number of carbonyl (C=O) groups is 1. The predicted molar refractivity (Wildman–Crippen MR) is 92.4 cm³/mol. The molecule has 0 aliphatic rings. The summed E-state index contributed by atoms with van der Waals surface area (Å²) in [6, 6.07) is 7.68. The second kappa shape index (κ2) is 7.21. The summed E-state index contributed by atoms with van der Waals surface area (Å²) in [4.78, 5) is 32.4. The van der Waals surface area contributed by atoms with Crippen molar-refractivity contribution in [2.75, 3.05) is 7.05 Å². The third-order valence-electron chi connectivity index (χ3n) is 2.99. The van der Waals surface area contributed by atoms with Gasteiger partial charge in [-0.05, 0) is 40.8 Å². The molecule has 9 nitrogen and oxygen atoms in total. The number of ether oxygens (including phenoxy) is 1. The molecule has 0 bridgehead atoms. The van der Waals surface area contributed by atoms with Gasteiger partial charge in [0.2, 0.25) is 5.75 Å². The van der Waals surface area contributed by atoms with Crippen molar-refractivity contribution in [1.82, 2.24) is 5.32 Å². The van der Waals surface area contributed by atoms with Crippen LogP contribution in [0.5, 0.6) is 11.5 Å². The lowest BCUT2D eigenvalue weighted by Crippen LogP contribution is -2.17. The van der Waals surface area contributed by atoms with Crippen molar-refractivity contribution in [3.8, 4) is 11.5 Å². The van der Waals surface area contributed by atoms with Crippen molar-refractivity contribution in [3.05, 3.63) is 65.8 Å². The summed E-state index contributed by atoms with van der Waals surface area (Å²) < 4.78 is 6.02. The molecule has 0 aromatic heterocycles. The van der Waals surface area contributed by atoms with E-state index in [1.165, 1.54) is 37.4 Å². The van der Waals surface area contributed by atoms with Gasteiger partial charge in [0.1, 0.15) is 5.75 Å². The number of nitro groups is 2. The molecule has 2 rings (SSSR count). The number of hydrogen-bond acceptors (Lipinski definition) is 6. The van der Waals surface area contributed by atoms with Crippen LogP contribution in [0.25, 0.3) is 0 Å². The largest absolute Gasteiger partial charge is 0.449 e. The topological polar surface area (TPSA) is 125 Å². The number of rotatable bonds is 5. The maximum absolute atomic E-state index is 11.6. The molecule has 0 fully saturated rings. The van der Waals surface area contributed by atoms with Gasteiger partial charge in [0, 0.05) is 24.7 Å². The molecule has 10 heteroatoms. The van der Waals surface area contributed by atoms with Gasteiger partial charge in [-0.15, -0.1) is 0 Å². The lowest BCUT2D eigenvalue weighted by Gasteiger charge is -2.09. The Morgan fingerprint density at radius 3 is 2.38 bits per heavy atom. The molecule has 24 heavy (non-hydrogen) atoms. The fourth-order valence-electron chi connectivity index (χ4n) is 1.83. The van der Waals surface area contributed by atoms with Crippen molar-refractivity contribution in [2.45, 2.75) is 0 Å². The molecule has 0 unspecified atom stereocenters. The number of nitrogens with zero attached hydrogens (tertiary/aromatic N) is 2. The Morgan fingerprint density at radius 1 is 1.08 bits per heavy atom. The Bertz CT molecular complexity index is 839. The van der Waals surface area contributed by atoms with Crippen LogP contribution in [0.15, 0.2) is 36.4 Å². The summed E-state index contributed by atoms with van der Waals surface area (Å²) in [5.74, 6) is -0.485. The third kappa shape index (κ3) is 3.76. The summed E-state index contributed by atoms with van der Waals surface area (Å²) >= 11 is 1.90. The maximum atomic E-state index is 11.6. The second-order valence-corrected chi connectivity index (χ2v) is 5.65. The average Bonchev–Trinajstić information content (AvgIpc) is 2.55. The molecule has 1 amide bonds. The van der Waals surface area contributed by atoms with Gasteiger partial charge in [-0.25, -0.2) is 0 Å². The summed E-state index contributed by atoms with van der Waals surface area (Å²) in [5.41, 5.74) is -0.515. The normalized spacial score (nSPS) is 10.1. The minimum absolute atomic E-state index is 0.102. The van der Waals surface area contributed by atoms with E-state index in [1.807, 2.05) is 22.6 Å². The van der Waals surface area contributed by atoms with Gasteiger partial charge in [-0.3, -0.25) is 25.0 Å². The Morgan fingerprint density at radius 2 is 1.79 bits per heavy atom. The van der Waals surface area contributed by atoms with E-state index in [4.69, 9.17) is 4.74 Å². The molecular formula is C14H10IN3O6. The standard InChI is InChI=1S/C14H10IN3O6/c1-16-14(19)8-2-5-12(11(6-8)18(22)23)24-13-7-9(17(20)21)3-4-10(13)15/h2-7H,1H3,(H,16,19). The molecule has 0 aliphatic heterocycles. The van der Waals surface area contributed by atoms with Crippen molar-refractivity contribution in [1.29, 1.82) is 0 Å². The molecule has 1 N–H and O–H groups in total. The second-order valence-electron chi connectivity index (χ2n) is 4.49. The maximum Gasteiger partial charge on any atom is 0.312 e. The molecule has 0 spiro atoms. The SMILES string of the molecule is CNC(=O)c1ccc(Oc2cc([N+](=O)[O-])ccc2I)c([N+](=O)[O-])c1. The van der Waals surface area contributed by atoms with E-state index in [-0.39, 0.29) is 22.7 Å². The predicted octanol–water partition coefficient (Wildman–Crippen LogP) is 3.26. The fourth-order valence-corrected chi connectivity index (χ4v) is 2.28. The van der Waals surface area contributed by atoms with Crippen LogP contribution in [0.2, 0.25) is 0 Å². The Labute approximate surface area is 149 Å². The fraction of sp³-hybridized carbons (Fsp3) is 0.0714. The van der Waals surface area contributed by atoms with Crippen LogP contribution in [0.4, 0.5) is 11.4 Å². The van der Waals surface area contributed by atoms with Crippen LogP contribution in [-0.4, -0.2) is 22.8 Å². The molecule has 124 valence electrons. The monoisotopic (exact) mass is 443 g/mol. The van der Waals surface area contributed by atoms with Crippen LogP contribution in [0.3, 0.4) is 0 Å². The summed E-state index contributed by atoms with van der Waals surface area (Å²) in [6.45, 7) is 0. The first-order valence-corrected chi connectivity index (χ1v) is 7.53. The first-order chi connectivity index (χ1) is 11.3. The number of benzene rings is 2. The molecule has 0 atom stereocenters. The molecule has 0 saturated carbocycles. The first kappa shape index (κ1) is 17.6. The Kier molecular flexibility index (Phi) is 5.28. The quantitative estimate of drug-likeness (QED) is 0.430. The third-order valence-corrected chi connectivity index (χ3v) is 3.88. The number of amides is 1. The smallest absolute Gasteiger partial charge is 0.312 e. The van der Waals surface area contributed by atoms with Crippen molar-refractivity contribution in [2.24, 2.45) is 0 Å². The Balaban J connectivity index is 2.46. The average molecular weight is 443 g/mol. The number of halogens is 1. The van der Waals surface area contributed by atoms with Crippen molar-refractivity contribution in [3.63, 3.8) is 0 Å². The molecular weight excluding hydrogens is 433 g/mol. The van der Waals surface area contributed by atoms with E-state index < -0.39 is 21.4 Å². The highest BCUT2D eigenvalue weighted by Crippen LogP contribution is 2.35. The highest BCUT2D eigenvalue weighted by atomic mass is 127. The van der Waals surface area contributed by atoms with Crippen LogP contribution < -0.4 is 10.1 Å². The zero-order valence-electron chi connectivity index (χ0n) is 12.2. The highest BCUT2D eigenvalue weighted by Gasteiger charge is 2.20. The zero-order valence-corrected chi connectivity index (χ0v) is 14.3. The molecule has 0 radical (unpaired) electrons. The van der Waals surface area contributed by atoms with E-state index in [0.29, 0.717) is 3.57 Å². The van der Waals surface area contributed by atoms with E-state index in [0.717, 1.165) is 6.07 Å². The van der Waals surface area contributed by atoms with Gasteiger partial charge < -0.3 is 10.1 Å². The van der Waals surface area contributed by atoms with Gasteiger partial charge in [0.05, 0.1) is 19.5 Å². The summed E-state index contributed by atoms with van der Waals surface area (Å²) in [6.07, 6.45) is 0. The number of non-ortho nitro benzene ring substituents is 1. The number of carbonyl (C=O) groups excluding carboxylic acids is 1. The molecule has 2 aromatic rings. The minimum atomic E-state index is -0.689. The molecule has 0 aliphatic carbocycles. The highest BCUT2D eigenvalue weighted by molar-refractivity contribution is 14.1. The van der Waals surface area contributed by atoms with Crippen LogP contribution >= 0.6 is 22.6 Å². The Hall–Kier alpha value is -2.76. The van der Waals surface area contributed by atoms with Gasteiger partial charge in [0.25, 0.3) is 11.6 Å². The first-order valence-electron chi connectivity index (χ1n) is 6.45. The van der Waals surface area contributed by atoms with E-state index in [9.17, 15) is 25.0 Å². The lowest BCUT2D eigenvalue weighted by atomic mass is 10.1. The molecule has 0 heterocycles. The summed E-state index contributed by atoms with van der Waals surface area (Å²) in [5, 5.41) is 24.4. The van der Waals surface area contributed by atoms with Gasteiger partial charge in [-0.1, -0.05) is 0 Å². The molecule has 0 saturated heterocycles. The van der Waals surface area contributed by atoms with Crippen LogP contribution in [0.1, 0.15) is 10.4 Å². The van der Waals surface area contributed by atoms with Gasteiger partial charge in [0.15, 0.2) is 0 Å². The van der Waals surface area contributed by atoms with Crippen LogP contribution in [0, 0.1) is 23.8 Å². The van der Waals surface area contributed by atoms with E-state index in [2.05, 4.69) is 5.32 Å². The molecule has 2 aromatic carbocycles. The zero-order chi connectivity index (χ0) is 17.9. The van der Waals surface area contributed by atoms with E-state index in [1.54, 1.807) is 0 Å². The number of nitrogens with one attached hydrogen (secondary N) is 1. The summed E-state index contributed by atoms with van der Waals surface area (Å²) in [7, 11) is 1.41. The van der Waals surface area contributed by atoms with E-state index >= 15 is 0 Å².